The number of nitrogens with zero attached hydrogens (tertiary/aromatic N) is 2. The summed E-state index contributed by atoms with van der Waals surface area (Å²) in [6, 6.07) is 12.2. The lowest BCUT2D eigenvalue weighted by molar-refractivity contribution is -0.141. The third-order valence-electron chi connectivity index (χ3n) is 5.62. The van der Waals surface area contributed by atoms with Gasteiger partial charge in [-0.2, -0.15) is 0 Å². The molecule has 1 heterocycles. The Morgan fingerprint density at radius 1 is 1.09 bits per heavy atom. The van der Waals surface area contributed by atoms with E-state index in [0.29, 0.717) is 5.75 Å². The Kier molecular flexibility index (Phi) is 7.54. The van der Waals surface area contributed by atoms with Gasteiger partial charge >= 0.3 is 0 Å². The zero-order valence-corrected chi connectivity index (χ0v) is 21.4. The van der Waals surface area contributed by atoms with E-state index in [9.17, 15) is 22.8 Å². The average Bonchev–Trinajstić information content (AvgIpc) is 3.00. The van der Waals surface area contributed by atoms with Crippen molar-refractivity contribution in [3.8, 4) is 5.75 Å². The minimum atomic E-state index is -4.02. The fourth-order valence-electron chi connectivity index (χ4n) is 3.78. The Hall–Kier alpha value is -3.40. The largest absolute Gasteiger partial charge is 0.497 e. The first-order chi connectivity index (χ1) is 16.3. The molecule has 0 radical (unpaired) electrons. The minimum Gasteiger partial charge on any atom is -0.497 e. The molecule has 9 nitrogen and oxygen atoms in total. The van der Waals surface area contributed by atoms with Gasteiger partial charge in [0.15, 0.2) is 0 Å². The lowest BCUT2D eigenvalue weighted by Gasteiger charge is -2.32. The number of ether oxygens (including phenoxy) is 1. The molecular weight excluding hydrogens is 470 g/mol. The molecule has 0 unspecified atom stereocenters. The highest BCUT2D eigenvalue weighted by atomic mass is 32.2. The summed E-state index contributed by atoms with van der Waals surface area (Å²) in [5.41, 5.74) is 0.363. The Morgan fingerprint density at radius 3 is 2.29 bits per heavy atom. The smallest absolute Gasteiger partial charge is 0.269 e. The third-order valence-corrected chi connectivity index (χ3v) is 7.46. The van der Waals surface area contributed by atoms with Crippen molar-refractivity contribution in [2.45, 2.75) is 57.1 Å². The number of amides is 3. The van der Waals surface area contributed by atoms with E-state index in [1.165, 1.54) is 17.0 Å². The molecule has 0 aromatic heterocycles. The molecule has 35 heavy (non-hydrogen) atoms. The molecule has 1 aliphatic heterocycles. The number of methoxy groups -OCH3 is 1. The van der Waals surface area contributed by atoms with Crippen molar-refractivity contribution >= 4 is 27.7 Å². The van der Waals surface area contributed by atoms with Crippen LogP contribution in [0.15, 0.2) is 53.4 Å². The molecule has 0 saturated carbocycles. The number of sulfonamides is 1. The summed E-state index contributed by atoms with van der Waals surface area (Å²) in [5, 5.41) is 2.87. The van der Waals surface area contributed by atoms with Crippen molar-refractivity contribution in [3.63, 3.8) is 0 Å². The van der Waals surface area contributed by atoms with Crippen LogP contribution in [0.3, 0.4) is 0 Å². The second kappa shape index (κ2) is 10.1. The maximum absolute atomic E-state index is 13.3. The van der Waals surface area contributed by atoms with Crippen molar-refractivity contribution in [1.29, 1.82) is 0 Å². The molecule has 0 spiro atoms. The highest BCUT2D eigenvalue weighted by molar-refractivity contribution is 7.90. The van der Waals surface area contributed by atoms with Gasteiger partial charge in [0, 0.05) is 25.0 Å². The summed E-state index contributed by atoms with van der Waals surface area (Å²) in [7, 11) is -2.47. The Morgan fingerprint density at radius 2 is 1.71 bits per heavy atom. The average molecular weight is 502 g/mol. The molecule has 0 aliphatic carbocycles. The zero-order valence-electron chi connectivity index (χ0n) is 20.6. The number of carbonyl (C=O) groups is 3. The fraction of sp³-hybridized carbons (Fsp3) is 0.400. The SMILES string of the molecule is COc1ccc(CN(C(=O)CCN2C(=O)c3ccccc3S2(=O)=O)[C@H](C)C(=O)NC(C)(C)C)cc1. The summed E-state index contributed by atoms with van der Waals surface area (Å²) in [5.74, 6) is -0.788. The van der Waals surface area contributed by atoms with Gasteiger partial charge in [-0.1, -0.05) is 24.3 Å². The predicted molar refractivity (Wildman–Crippen MR) is 130 cm³/mol. The topological polar surface area (TPSA) is 113 Å². The number of hydrogen-bond donors (Lipinski definition) is 1. The normalized spacial score (nSPS) is 15.3. The van der Waals surface area contributed by atoms with Crippen molar-refractivity contribution < 1.29 is 27.5 Å². The van der Waals surface area contributed by atoms with Crippen LogP contribution in [0.5, 0.6) is 5.75 Å². The monoisotopic (exact) mass is 501 g/mol. The summed E-state index contributed by atoms with van der Waals surface area (Å²) in [4.78, 5) is 40.2. The van der Waals surface area contributed by atoms with Gasteiger partial charge < -0.3 is 15.0 Å². The number of fused-ring (bicyclic) bond motifs is 1. The molecule has 3 amide bonds. The maximum atomic E-state index is 13.3. The molecule has 1 atom stereocenters. The van der Waals surface area contributed by atoms with Gasteiger partial charge in [0.1, 0.15) is 16.7 Å². The summed E-state index contributed by atoms with van der Waals surface area (Å²) >= 11 is 0. The van der Waals surface area contributed by atoms with Gasteiger partial charge in [-0.15, -0.1) is 0 Å². The number of benzene rings is 2. The highest BCUT2D eigenvalue weighted by Crippen LogP contribution is 2.30. The van der Waals surface area contributed by atoms with Crippen molar-refractivity contribution in [3.05, 3.63) is 59.7 Å². The van der Waals surface area contributed by atoms with E-state index in [-0.39, 0.29) is 35.9 Å². The molecule has 0 bridgehead atoms. The van der Waals surface area contributed by atoms with E-state index in [1.807, 2.05) is 20.8 Å². The Bertz CT molecular complexity index is 1220. The lowest BCUT2D eigenvalue weighted by atomic mass is 10.1. The van der Waals surface area contributed by atoms with Crippen LogP contribution in [0, 0.1) is 0 Å². The Labute approximate surface area is 206 Å². The van der Waals surface area contributed by atoms with Gasteiger partial charge in [0.2, 0.25) is 11.8 Å². The van der Waals surface area contributed by atoms with E-state index in [0.717, 1.165) is 9.87 Å². The van der Waals surface area contributed by atoms with E-state index in [1.54, 1.807) is 50.4 Å². The highest BCUT2D eigenvalue weighted by Gasteiger charge is 2.41. The molecule has 2 aromatic carbocycles. The second-order valence-corrected chi connectivity index (χ2v) is 11.2. The first-order valence-electron chi connectivity index (χ1n) is 11.3. The van der Waals surface area contributed by atoms with Crippen LogP contribution in [0.25, 0.3) is 0 Å². The predicted octanol–water partition coefficient (Wildman–Crippen LogP) is 2.56. The molecule has 0 saturated heterocycles. The van der Waals surface area contributed by atoms with Crippen LogP contribution in [0.2, 0.25) is 0 Å². The van der Waals surface area contributed by atoms with E-state index < -0.39 is 33.4 Å². The van der Waals surface area contributed by atoms with Gasteiger partial charge in [0.05, 0.1) is 12.7 Å². The number of carbonyl (C=O) groups excluding carboxylic acids is 3. The van der Waals surface area contributed by atoms with Crippen LogP contribution in [-0.4, -0.2) is 60.6 Å². The number of rotatable bonds is 8. The first kappa shape index (κ1) is 26.2. The van der Waals surface area contributed by atoms with Crippen LogP contribution in [-0.2, 0) is 26.2 Å². The van der Waals surface area contributed by atoms with Crippen molar-refractivity contribution in [2.75, 3.05) is 13.7 Å². The van der Waals surface area contributed by atoms with Crippen LogP contribution in [0.1, 0.15) is 50.0 Å². The Balaban J connectivity index is 1.80. The van der Waals surface area contributed by atoms with Gasteiger partial charge in [-0.05, 0) is 57.5 Å². The number of nitrogens with one attached hydrogen (secondary N) is 1. The molecule has 1 aliphatic rings. The molecule has 2 aromatic rings. The van der Waals surface area contributed by atoms with Crippen molar-refractivity contribution in [1.82, 2.24) is 14.5 Å². The standard InChI is InChI=1S/C25H31N3O6S/c1-17(23(30)26-25(2,3)4)27(16-18-10-12-19(34-5)13-11-18)22(29)14-15-28-24(31)20-8-6-7-9-21(20)35(28,32)33/h6-13,17H,14-16H2,1-5H3,(H,26,30)/t17-/m1/s1. The van der Waals surface area contributed by atoms with Gasteiger partial charge in [0.25, 0.3) is 15.9 Å². The maximum Gasteiger partial charge on any atom is 0.269 e. The van der Waals surface area contributed by atoms with E-state index in [2.05, 4.69) is 5.32 Å². The minimum absolute atomic E-state index is 0.0644. The number of hydrogen-bond acceptors (Lipinski definition) is 6. The molecule has 3 rings (SSSR count). The van der Waals surface area contributed by atoms with E-state index in [4.69, 9.17) is 4.74 Å². The molecule has 10 heteroatoms. The van der Waals surface area contributed by atoms with Gasteiger partial charge in [-0.3, -0.25) is 14.4 Å². The van der Waals surface area contributed by atoms with Crippen LogP contribution >= 0.6 is 0 Å². The molecule has 1 N–H and O–H groups in total. The fourth-order valence-corrected chi connectivity index (χ4v) is 5.35. The van der Waals surface area contributed by atoms with Gasteiger partial charge in [-0.25, -0.2) is 12.7 Å². The summed E-state index contributed by atoms with van der Waals surface area (Å²) < 4.78 is 31.6. The second-order valence-electron chi connectivity index (χ2n) is 9.41. The molecular formula is C25H31N3O6S. The zero-order chi connectivity index (χ0) is 26.0. The van der Waals surface area contributed by atoms with Crippen LogP contribution in [0.4, 0.5) is 0 Å². The summed E-state index contributed by atoms with van der Waals surface area (Å²) in [6.07, 6.45) is -0.262. The lowest BCUT2D eigenvalue weighted by Crippen LogP contribution is -2.52. The molecule has 188 valence electrons. The quantitative estimate of drug-likeness (QED) is 0.595. The first-order valence-corrected chi connectivity index (χ1v) is 12.7. The van der Waals surface area contributed by atoms with Crippen LogP contribution < -0.4 is 10.1 Å². The third kappa shape index (κ3) is 5.82. The van der Waals surface area contributed by atoms with Crippen molar-refractivity contribution in [2.24, 2.45) is 0 Å². The molecule has 0 fully saturated rings. The van der Waals surface area contributed by atoms with E-state index >= 15 is 0 Å². The summed E-state index contributed by atoms with van der Waals surface area (Å²) in [6.45, 7) is 6.96.